The van der Waals surface area contributed by atoms with E-state index in [1.54, 1.807) is 19.1 Å². The SMILES string of the molecule is Cc1noc(CNS(=O)(=O)c2ccc(OCCN)cc2)n1. The first-order valence-electron chi connectivity index (χ1n) is 6.23. The van der Waals surface area contributed by atoms with Gasteiger partial charge in [0.05, 0.1) is 11.4 Å². The molecule has 0 aliphatic heterocycles. The summed E-state index contributed by atoms with van der Waals surface area (Å²) in [6.45, 7) is 2.36. The molecule has 1 heterocycles. The summed E-state index contributed by atoms with van der Waals surface area (Å²) in [5.74, 6) is 1.22. The minimum Gasteiger partial charge on any atom is -0.492 e. The van der Waals surface area contributed by atoms with Crippen LogP contribution in [0, 0.1) is 6.92 Å². The zero-order chi connectivity index (χ0) is 15.3. The van der Waals surface area contributed by atoms with Crippen molar-refractivity contribution in [1.82, 2.24) is 14.9 Å². The van der Waals surface area contributed by atoms with Gasteiger partial charge in [0.25, 0.3) is 0 Å². The average molecular weight is 312 g/mol. The smallest absolute Gasteiger partial charge is 0.241 e. The van der Waals surface area contributed by atoms with Crippen molar-refractivity contribution < 1.29 is 17.7 Å². The van der Waals surface area contributed by atoms with Crippen molar-refractivity contribution in [2.45, 2.75) is 18.4 Å². The number of nitrogens with one attached hydrogen (secondary N) is 1. The van der Waals surface area contributed by atoms with Gasteiger partial charge in [0.2, 0.25) is 15.9 Å². The van der Waals surface area contributed by atoms with Crippen molar-refractivity contribution in [1.29, 1.82) is 0 Å². The molecule has 0 unspecified atom stereocenters. The number of hydrogen-bond acceptors (Lipinski definition) is 7. The molecule has 0 aliphatic carbocycles. The molecule has 0 fully saturated rings. The Bertz CT molecular complexity index is 682. The van der Waals surface area contributed by atoms with E-state index in [0.717, 1.165) is 0 Å². The monoisotopic (exact) mass is 312 g/mol. The Balaban J connectivity index is 2.01. The van der Waals surface area contributed by atoms with E-state index in [2.05, 4.69) is 14.9 Å². The van der Waals surface area contributed by atoms with Gasteiger partial charge in [-0.25, -0.2) is 13.1 Å². The van der Waals surface area contributed by atoms with Crippen LogP contribution in [0.5, 0.6) is 5.75 Å². The predicted octanol–water partition coefficient (Wildman–Crippen LogP) is 0.194. The maximum absolute atomic E-state index is 12.1. The lowest BCUT2D eigenvalue weighted by atomic mass is 10.3. The highest BCUT2D eigenvalue weighted by Crippen LogP contribution is 2.16. The molecule has 8 nitrogen and oxygen atoms in total. The zero-order valence-corrected chi connectivity index (χ0v) is 12.3. The molecule has 0 atom stereocenters. The minimum atomic E-state index is -3.64. The van der Waals surface area contributed by atoms with E-state index in [1.165, 1.54) is 12.1 Å². The molecular weight excluding hydrogens is 296 g/mol. The van der Waals surface area contributed by atoms with Gasteiger partial charge >= 0.3 is 0 Å². The number of nitrogens with two attached hydrogens (primary N) is 1. The molecule has 114 valence electrons. The molecule has 1 aromatic carbocycles. The van der Waals surface area contributed by atoms with E-state index in [1.807, 2.05) is 0 Å². The van der Waals surface area contributed by atoms with Crippen LogP contribution in [0.2, 0.25) is 0 Å². The lowest BCUT2D eigenvalue weighted by Crippen LogP contribution is -2.23. The quantitative estimate of drug-likeness (QED) is 0.748. The Morgan fingerprint density at radius 3 is 2.62 bits per heavy atom. The van der Waals surface area contributed by atoms with Gasteiger partial charge in [-0.2, -0.15) is 4.98 Å². The Morgan fingerprint density at radius 2 is 2.05 bits per heavy atom. The molecule has 0 amide bonds. The summed E-state index contributed by atoms with van der Waals surface area (Å²) in [5, 5.41) is 3.58. The fourth-order valence-electron chi connectivity index (χ4n) is 1.54. The first-order chi connectivity index (χ1) is 10.0. The van der Waals surface area contributed by atoms with Crippen molar-refractivity contribution in [2.24, 2.45) is 5.73 Å². The third kappa shape index (κ3) is 4.25. The predicted molar refractivity (Wildman–Crippen MR) is 74.1 cm³/mol. The number of ether oxygens (including phenoxy) is 1. The number of hydrogen-bond donors (Lipinski definition) is 2. The van der Waals surface area contributed by atoms with Gasteiger partial charge in [0.15, 0.2) is 5.82 Å². The summed E-state index contributed by atoms with van der Waals surface area (Å²) in [5.41, 5.74) is 5.32. The molecule has 21 heavy (non-hydrogen) atoms. The maximum Gasteiger partial charge on any atom is 0.241 e. The molecule has 0 spiro atoms. The van der Waals surface area contributed by atoms with Crippen LogP contribution in [0.4, 0.5) is 0 Å². The van der Waals surface area contributed by atoms with Crippen LogP contribution >= 0.6 is 0 Å². The van der Waals surface area contributed by atoms with Crippen molar-refractivity contribution in [3.05, 3.63) is 36.0 Å². The van der Waals surface area contributed by atoms with Crippen molar-refractivity contribution in [3.8, 4) is 5.75 Å². The third-order valence-corrected chi connectivity index (χ3v) is 3.92. The van der Waals surface area contributed by atoms with Crippen LogP contribution in [0.15, 0.2) is 33.7 Å². The van der Waals surface area contributed by atoms with Gasteiger partial charge in [0, 0.05) is 6.54 Å². The second kappa shape index (κ2) is 6.66. The normalized spacial score (nSPS) is 11.5. The fourth-order valence-corrected chi connectivity index (χ4v) is 2.52. The van der Waals surface area contributed by atoms with Crippen LogP contribution in [0.25, 0.3) is 0 Å². The van der Waals surface area contributed by atoms with Crippen LogP contribution in [0.1, 0.15) is 11.7 Å². The number of aromatic nitrogens is 2. The number of aryl methyl sites for hydroxylation is 1. The maximum atomic E-state index is 12.1. The molecule has 0 aliphatic rings. The summed E-state index contributed by atoms with van der Waals surface area (Å²) in [6.07, 6.45) is 0. The van der Waals surface area contributed by atoms with Crippen LogP contribution in [-0.2, 0) is 16.6 Å². The largest absolute Gasteiger partial charge is 0.492 e. The summed E-state index contributed by atoms with van der Waals surface area (Å²) in [6, 6.07) is 6.04. The molecule has 1 aromatic heterocycles. The number of nitrogens with zero attached hydrogens (tertiary/aromatic N) is 2. The van der Waals surface area contributed by atoms with E-state index < -0.39 is 10.0 Å². The average Bonchev–Trinajstić information content (AvgIpc) is 2.89. The molecule has 0 bridgehead atoms. The van der Waals surface area contributed by atoms with Crippen LogP contribution in [0.3, 0.4) is 0 Å². The Hall–Kier alpha value is -1.97. The summed E-state index contributed by atoms with van der Waals surface area (Å²) in [4.78, 5) is 4.04. The van der Waals surface area contributed by atoms with Gasteiger partial charge < -0.3 is 15.0 Å². The molecule has 3 N–H and O–H groups in total. The van der Waals surface area contributed by atoms with E-state index in [0.29, 0.717) is 24.7 Å². The minimum absolute atomic E-state index is 0.0609. The van der Waals surface area contributed by atoms with Crippen molar-refractivity contribution >= 4 is 10.0 Å². The van der Waals surface area contributed by atoms with E-state index in [4.69, 9.17) is 15.0 Å². The van der Waals surface area contributed by atoms with Gasteiger partial charge in [-0.3, -0.25) is 0 Å². The first-order valence-corrected chi connectivity index (χ1v) is 7.71. The molecule has 2 rings (SSSR count). The molecule has 9 heteroatoms. The lowest BCUT2D eigenvalue weighted by Gasteiger charge is -2.07. The second-order valence-corrected chi connectivity index (χ2v) is 5.94. The zero-order valence-electron chi connectivity index (χ0n) is 11.4. The first kappa shape index (κ1) is 15.4. The van der Waals surface area contributed by atoms with E-state index in [9.17, 15) is 8.42 Å². The fraction of sp³-hybridized carbons (Fsp3) is 0.333. The Morgan fingerprint density at radius 1 is 1.33 bits per heavy atom. The number of rotatable bonds is 7. The number of sulfonamides is 1. The van der Waals surface area contributed by atoms with Gasteiger partial charge in [0.1, 0.15) is 12.4 Å². The molecular formula is C12H16N4O4S. The molecule has 0 saturated carbocycles. The summed E-state index contributed by atoms with van der Waals surface area (Å²) < 4.78 is 36.7. The topological polar surface area (TPSA) is 120 Å². The Kier molecular flexibility index (Phi) is 4.89. The van der Waals surface area contributed by atoms with E-state index >= 15 is 0 Å². The highest BCUT2D eigenvalue weighted by Gasteiger charge is 2.15. The summed E-state index contributed by atoms with van der Waals surface area (Å²) in [7, 11) is -3.64. The van der Waals surface area contributed by atoms with Crippen LogP contribution in [-0.4, -0.2) is 31.7 Å². The molecule has 0 radical (unpaired) electrons. The third-order valence-electron chi connectivity index (χ3n) is 2.50. The molecule has 0 saturated heterocycles. The summed E-state index contributed by atoms with van der Waals surface area (Å²) >= 11 is 0. The second-order valence-electron chi connectivity index (χ2n) is 4.17. The van der Waals surface area contributed by atoms with E-state index in [-0.39, 0.29) is 17.3 Å². The van der Waals surface area contributed by atoms with Crippen LogP contribution < -0.4 is 15.2 Å². The van der Waals surface area contributed by atoms with Gasteiger partial charge in [-0.1, -0.05) is 5.16 Å². The number of benzene rings is 1. The van der Waals surface area contributed by atoms with Crippen molar-refractivity contribution in [2.75, 3.05) is 13.2 Å². The Labute approximate surface area is 122 Å². The molecule has 2 aromatic rings. The highest BCUT2D eigenvalue weighted by molar-refractivity contribution is 7.89. The van der Waals surface area contributed by atoms with Crippen molar-refractivity contribution in [3.63, 3.8) is 0 Å². The van der Waals surface area contributed by atoms with Gasteiger partial charge in [-0.05, 0) is 31.2 Å². The van der Waals surface area contributed by atoms with Gasteiger partial charge in [-0.15, -0.1) is 0 Å². The lowest BCUT2D eigenvalue weighted by molar-refractivity contribution is 0.328. The highest BCUT2D eigenvalue weighted by atomic mass is 32.2. The standard InChI is InChI=1S/C12H16N4O4S/c1-9-15-12(20-16-9)8-14-21(17,18)11-4-2-10(3-5-11)19-7-6-13/h2-5,14H,6-8,13H2,1H3.